The third-order valence-electron chi connectivity index (χ3n) is 4.86. The lowest BCUT2D eigenvalue weighted by atomic mass is 9.90. The first kappa shape index (κ1) is 19.7. The van der Waals surface area contributed by atoms with E-state index in [4.69, 9.17) is 14.2 Å². The minimum Gasteiger partial charge on any atom is -0.493 e. The number of rotatable bonds is 6. The topological polar surface area (TPSA) is 104 Å². The normalized spacial score (nSPS) is 18.6. The number of nitrogens with zero attached hydrogens (tertiary/aromatic N) is 2. The number of amides is 1. The number of esters is 1. The summed E-state index contributed by atoms with van der Waals surface area (Å²) >= 11 is 0. The van der Waals surface area contributed by atoms with E-state index in [1.807, 2.05) is 13.2 Å². The van der Waals surface area contributed by atoms with Crippen molar-refractivity contribution in [2.45, 2.75) is 5.92 Å². The first-order valence-electron chi connectivity index (χ1n) is 8.83. The molecule has 1 fully saturated rings. The SMILES string of the molecule is COC(=O)c1cc(NC(=O)[C@H]2CNC[C@@H]2c2cnn(C)c2)c(OC)c(OC)c1. The zero-order valence-corrected chi connectivity index (χ0v) is 16.3. The Morgan fingerprint density at radius 3 is 2.61 bits per heavy atom. The molecule has 2 atom stereocenters. The van der Waals surface area contributed by atoms with Crippen molar-refractivity contribution < 1.29 is 23.8 Å². The van der Waals surface area contributed by atoms with Crippen LogP contribution in [0.5, 0.6) is 11.5 Å². The number of methoxy groups -OCH3 is 3. The Kier molecular flexibility index (Phi) is 5.84. The second-order valence-electron chi connectivity index (χ2n) is 6.56. The highest BCUT2D eigenvalue weighted by Crippen LogP contribution is 2.38. The molecule has 0 spiro atoms. The van der Waals surface area contributed by atoms with E-state index in [1.165, 1.54) is 33.5 Å². The number of carbonyl (C=O) groups excluding carboxylic acids is 2. The third-order valence-corrected chi connectivity index (χ3v) is 4.86. The summed E-state index contributed by atoms with van der Waals surface area (Å²) < 4.78 is 17.2. The van der Waals surface area contributed by atoms with Gasteiger partial charge in [-0.3, -0.25) is 9.48 Å². The summed E-state index contributed by atoms with van der Waals surface area (Å²) in [6.07, 6.45) is 3.69. The Morgan fingerprint density at radius 2 is 2.00 bits per heavy atom. The molecular formula is C19H24N4O5. The highest BCUT2D eigenvalue weighted by molar-refractivity contribution is 5.98. The van der Waals surface area contributed by atoms with Crippen LogP contribution < -0.4 is 20.1 Å². The highest BCUT2D eigenvalue weighted by atomic mass is 16.5. The fraction of sp³-hybridized carbons (Fsp3) is 0.421. The fourth-order valence-electron chi connectivity index (χ4n) is 3.45. The van der Waals surface area contributed by atoms with Crippen molar-refractivity contribution >= 4 is 17.6 Å². The van der Waals surface area contributed by atoms with E-state index in [2.05, 4.69) is 15.7 Å². The van der Waals surface area contributed by atoms with Crippen LogP contribution in [0, 0.1) is 5.92 Å². The molecule has 0 unspecified atom stereocenters. The third kappa shape index (κ3) is 3.79. The van der Waals surface area contributed by atoms with Crippen molar-refractivity contribution in [1.29, 1.82) is 0 Å². The van der Waals surface area contributed by atoms with Gasteiger partial charge in [-0.2, -0.15) is 5.10 Å². The Bertz CT molecular complexity index is 879. The van der Waals surface area contributed by atoms with Gasteiger partial charge in [0, 0.05) is 32.3 Å². The first-order chi connectivity index (χ1) is 13.5. The van der Waals surface area contributed by atoms with Crippen LogP contribution in [-0.2, 0) is 16.6 Å². The second-order valence-corrected chi connectivity index (χ2v) is 6.56. The van der Waals surface area contributed by atoms with E-state index < -0.39 is 5.97 Å². The van der Waals surface area contributed by atoms with Gasteiger partial charge in [0.25, 0.3) is 0 Å². The van der Waals surface area contributed by atoms with Crippen LogP contribution >= 0.6 is 0 Å². The van der Waals surface area contributed by atoms with Gasteiger partial charge in [0.1, 0.15) is 0 Å². The maximum absolute atomic E-state index is 13.0. The molecule has 150 valence electrons. The van der Waals surface area contributed by atoms with Crippen LogP contribution in [0.1, 0.15) is 21.8 Å². The number of hydrogen-bond acceptors (Lipinski definition) is 7. The standard InChI is InChI=1S/C19H24N4O5/c1-23-10-12(7-21-23)13-8-20-9-14(13)18(24)22-15-5-11(19(25)28-4)6-16(26-2)17(15)27-3/h5-7,10,13-14,20H,8-9H2,1-4H3,(H,22,24)/t13-,14+/m1/s1. The summed E-state index contributed by atoms with van der Waals surface area (Å²) in [5, 5.41) is 10.3. The Labute approximate surface area is 163 Å². The lowest BCUT2D eigenvalue weighted by Crippen LogP contribution is -2.28. The molecule has 2 heterocycles. The number of benzene rings is 1. The molecule has 2 N–H and O–H groups in total. The van der Waals surface area contributed by atoms with Crippen molar-refractivity contribution in [2.75, 3.05) is 39.7 Å². The molecule has 1 aromatic carbocycles. The molecule has 3 rings (SSSR count). The van der Waals surface area contributed by atoms with Crippen molar-refractivity contribution in [3.05, 3.63) is 35.7 Å². The number of ether oxygens (including phenoxy) is 3. The second kappa shape index (κ2) is 8.30. The van der Waals surface area contributed by atoms with Crippen molar-refractivity contribution in [2.24, 2.45) is 13.0 Å². The number of anilines is 1. The summed E-state index contributed by atoms with van der Waals surface area (Å²) in [6, 6.07) is 3.03. The van der Waals surface area contributed by atoms with Crippen LogP contribution in [0.2, 0.25) is 0 Å². The van der Waals surface area contributed by atoms with Crippen molar-refractivity contribution in [1.82, 2.24) is 15.1 Å². The molecule has 0 saturated carbocycles. The average Bonchev–Trinajstić information content (AvgIpc) is 3.35. The van der Waals surface area contributed by atoms with E-state index in [-0.39, 0.29) is 23.3 Å². The lowest BCUT2D eigenvalue weighted by molar-refractivity contribution is -0.119. The Hall–Kier alpha value is -3.07. The molecule has 9 nitrogen and oxygen atoms in total. The van der Waals surface area contributed by atoms with Crippen LogP contribution in [0.15, 0.2) is 24.5 Å². The fourth-order valence-corrected chi connectivity index (χ4v) is 3.45. The van der Waals surface area contributed by atoms with Gasteiger partial charge >= 0.3 is 5.97 Å². The van der Waals surface area contributed by atoms with Gasteiger partial charge in [-0.05, 0) is 17.7 Å². The van der Waals surface area contributed by atoms with Crippen LogP contribution in [0.4, 0.5) is 5.69 Å². The molecular weight excluding hydrogens is 364 g/mol. The molecule has 2 aromatic rings. The minimum atomic E-state index is -0.535. The summed E-state index contributed by atoms with van der Waals surface area (Å²) in [4.78, 5) is 25.0. The van der Waals surface area contributed by atoms with E-state index in [0.717, 1.165) is 5.56 Å². The van der Waals surface area contributed by atoms with Gasteiger partial charge in [0.15, 0.2) is 11.5 Å². The van der Waals surface area contributed by atoms with Crippen LogP contribution in [-0.4, -0.2) is 56.1 Å². The number of nitrogens with one attached hydrogen (secondary N) is 2. The number of aryl methyl sites for hydroxylation is 1. The van der Waals surface area contributed by atoms with E-state index >= 15 is 0 Å². The Morgan fingerprint density at radius 1 is 1.21 bits per heavy atom. The molecule has 28 heavy (non-hydrogen) atoms. The summed E-state index contributed by atoms with van der Waals surface area (Å²) in [5.41, 5.74) is 1.61. The smallest absolute Gasteiger partial charge is 0.338 e. The summed E-state index contributed by atoms with van der Waals surface area (Å²) in [7, 11) is 6.07. The van der Waals surface area contributed by atoms with E-state index in [1.54, 1.807) is 10.9 Å². The molecule has 1 saturated heterocycles. The molecule has 0 bridgehead atoms. The largest absolute Gasteiger partial charge is 0.493 e. The van der Waals surface area contributed by atoms with Gasteiger partial charge in [0.05, 0.1) is 44.7 Å². The predicted octanol–water partition coefficient (Wildman–Crippen LogP) is 1.17. The van der Waals surface area contributed by atoms with E-state index in [0.29, 0.717) is 30.3 Å². The minimum absolute atomic E-state index is 0.00498. The molecule has 1 aromatic heterocycles. The maximum atomic E-state index is 13.0. The summed E-state index contributed by atoms with van der Waals surface area (Å²) in [5.74, 6) is -0.332. The van der Waals surface area contributed by atoms with Crippen molar-refractivity contribution in [3.8, 4) is 11.5 Å². The first-order valence-corrected chi connectivity index (χ1v) is 8.83. The van der Waals surface area contributed by atoms with Crippen molar-refractivity contribution in [3.63, 3.8) is 0 Å². The number of hydrogen-bond donors (Lipinski definition) is 2. The highest BCUT2D eigenvalue weighted by Gasteiger charge is 2.35. The zero-order valence-electron chi connectivity index (χ0n) is 16.3. The van der Waals surface area contributed by atoms with Gasteiger partial charge in [0.2, 0.25) is 5.91 Å². The maximum Gasteiger partial charge on any atom is 0.338 e. The molecule has 1 amide bonds. The monoisotopic (exact) mass is 388 g/mol. The Balaban J connectivity index is 1.89. The molecule has 0 radical (unpaired) electrons. The van der Waals surface area contributed by atoms with Gasteiger partial charge in [-0.25, -0.2) is 4.79 Å². The molecule has 1 aliphatic heterocycles. The molecule has 1 aliphatic rings. The number of aromatic nitrogens is 2. The predicted molar refractivity (Wildman–Crippen MR) is 102 cm³/mol. The zero-order chi connectivity index (χ0) is 20.3. The van der Waals surface area contributed by atoms with Gasteiger partial charge in [-0.1, -0.05) is 0 Å². The van der Waals surface area contributed by atoms with Gasteiger partial charge in [-0.15, -0.1) is 0 Å². The van der Waals surface area contributed by atoms with Gasteiger partial charge < -0.3 is 24.8 Å². The average molecular weight is 388 g/mol. The molecule has 9 heteroatoms. The van der Waals surface area contributed by atoms with Crippen LogP contribution in [0.25, 0.3) is 0 Å². The number of carbonyl (C=O) groups is 2. The summed E-state index contributed by atoms with van der Waals surface area (Å²) in [6.45, 7) is 1.23. The van der Waals surface area contributed by atoms with E-state index in [9.17, 15) is 9.59 Å². The molecule has 0 aliphatic carbocycles. The quantitative estimate of drug-likeness (QED) is 0.716. The van der Waals surface area contributed by atoms with Crippen LogP contribution in [0.3, 0.4) is 0 Å². The lowest BCUT2D eigenvalue weighted by Gasteiger charge is -2.19.